The molecule has 0 atom stereocenters. The average molecular weight is 378 g/mol. The van der Waals surface area contributed by atoms with Gasteiger partial charge in [-0.2, -0.15) is 4.98 Å². The van der Waals surface area contributed by atoms with Crippen LogP contribution in [-0.4, -0.2) is 19.6 Å². The quantitative estimate of drug-likeness (QED) is 0.470. The molecule has 0 spiro atoms. The van der Waals surface area contributed by atoms with E-state index < -0.39 is 0 Å². The highest BCUT2D eigenvalue weighted by molar-refractivity contribution is 7.98. The SMILES string of the molecule is Cc1nc2nc(SCc3ccccc3F)nn2c(C)c1Cc1ccccc1. The molecule has 0 aliphatic rings. The molecule has 0 unspecified atom stereocenters. The van der Waals surface area contributed by atoms with Crippen molar-refractivity contribution in [2.45, 2.75) is 31.2 Å². The molecule has 4 rings (SSSR count). The lowest BCUT2D eigenvalue weighted by Crippen LogP contribution is -2.06. The van der Waals surface area contributed by atoms with Crippen LogP contribution in [0.15, 0.2) is 59.8 Å². The van der Waals surface area contributed by atoms with E-state index >= 15 is 0 Å². The fraction of sp³-hybridized carbons (Fsp3) is 0.190. The Balaban J connectivity index is 1.62. The zero-order valence-corrected chi connectivity index (χ0v) is 16.0. The molecule has 0 bridgehead atoms. The number of aryl methyl sites for hydroxylation is 2. The first-order chi connectivity index (χ1) is 13.1. The lowest BCUT2D eigenvalue weighted by molar-refractivity contribution is 0.617. The molecule has 4 nitrogen and oxygen atoms in total. The molecule has 0 fully saturated rings. The van der Waals surface area contributed by atoms with Gasteiger partial charge in [-0.25, -0.2) is 13.9 Å². The van der Waals surface area contributed by atoms with Crippen LogP contribution in [0.2, 0.25) is 0 Å². The second-order valence-corrected chi connectivity index (χ2v) is 7.35. The van der Waals surface area contributed by atoms with Gasteiger partial charge in [0.15, 0.2) is 0 Å². The van der Waals surface area contributed by atoms with Gasteiger partial charge in [-0.3, -0.25) is 0 Å². The highest BCUT2D eigenvalue weighted by atomic mass is 32.2. The minimum Gasteiger partial charge on any atom is -0.216 e. The molecule has 27 heavy (non-hydrogen) atoms. The average Bonchev–Trinajstić information content (AvgIpc) is 3.08. The Morgan fingerprint density at radius 3 is 2.48 bits per heavy atom. The number of aromatic nitrogens is 4. The Morgan fingerprint density at radius 2 is 1.70 bits per heavy atom. The van der Waals surface area contributed by atoms with Crippen molar-refractivity contribution < 1.29 is 4.39 Å². The maximum atomic E-state index is 13.8. The number of fused-ring (bicyclic) bond motifs is 1. The van der Waals surface area contributed by atoms with Crippen LogP contribution in [0.1, 0.15) is 28.1 Å². The number of halogens is 1. The van der Waals surface area contributed by atoms with Crippen molar-refractivity contribution in [3.63, 3.8) is 0 Å². The summed E-state index contributed by atoms with van der Waals surface area (Å²) in [6.07, 6.45) is 0.805. The number of rotatable bonds is 5. The van der Waals surface area contributed by atoms with E-state index in [-0.39, 0.29) is 5.82 Å². The molecule has 0 N–H and O–H groups in total. The van der Waals surface area contributed by atoms with E-state index in [1.54, 1.807) is 16.6 Å². The van der Waals surface area contributed by atoms with Crippen molar-refractivity contribution >= 4 is 17.5 Å². The third-order valence-corrected chi connectivity index (χ3v) is 5.45. The molecule has 6 heteroatoms. The van der Waals surface area contributed by atoms with Crippen LogP contribution in [0.5, 0.6) is 0 Å². The third-order valence-electron chi connectivity index (χ3n) is 4.57. The van der Waals surface area contributed by atoms with Gasteiger partial charge in [-0.05, 0) is 36.6 Å². The van der Waals surface area contributed by atoms with Crippen LogP contribution >= 0.6 is 11.8 Å². The van der Waals surface area contributed by atoms with Gasteiger partial charge >= 0.3 is 0 Å². The highest BCUT2D eigenvalue weighted by Crippen LogP contribution is 2.23. The first-order valence-corrected chi connectivity index (χ1v) is 9.73. The number of hydrogen-bond acceptors (Lipinski definition) is 4. The van der Waals surface area contributed by atoms with Crippen molar-refractivity contribution in [2.75, 3.05) is 0 Å². The van der Waals surface area contributed by atoms with Gasteiger partial charge in [-0.1, -0.05) is 60.3 Å². The van der Waals surface area contributed by atoms with Crippen molar-refractivity contribution in [1.29, 1.82) is 0 Å². The van der Waals surface area contributed by atoms with E-state index in [0.29, 0.717) is 22.3 Å². The van der Waals surface area contributed by atoms with Crippen molar-refractivity contribution in [3.05, 3.63) is 88.5 Å². The van der Waals surface area contributed by atoms with Crippen LogP contribution in [0.4, 0.5) is 4.39 Å². The van der Waals surface area contributed by atoms with Crippen molar-refractivity contribution in [3.8, 4) is 0 Å². The minimum atomic E-state index is -0.205. The van der Waals surface area contributed by atoms with Crippen molar-refractivity contribution in [2.24, 2.45) is 0 Å². The van der Waals surface area contributed by atoms with Gasteiger partial charge in [-0.15, -0.1) is 5.10 Å². The summed E-state index contributed by atoms with van der Waals surface area (Å²) in [6.45, 7) is 4.05. The molecule has 0 saturated carbocycles. The maximum Gasteiger partial charge on any atom is 0.253 e. The summed E-state index contributed by atoms with van der Waals surface area (Å²) in [4.78, 5) is 9.14. The van der Waals surface area contributed by atoms with Crippen molar-refractivity contribution in [1.82, 2.24) is 19.6 Å². The van der Waals surface area contributed by atoms with Crippen LogP contribution in [0.3, 0.4) is 0 Å². The normalized spacial score (nSPS) is 11.2. The summed E-state index contributed by atoms with van der Waals surface area (Å²) in [7, 11) is 0. The third kappa shape index (κ3) is 3.71. The number of benzene rings is 2. The molecule has 0 radical (unpaired) electrons. The fourth-order valence-corrected chi connectivity index (χ4v) is 3.87. The maximum absolute atomic E-state index is 13.8. The summed E-state index contributed by atoms with van der Waals surface area (Å²) in [5, 5.41) is 5.19. The predicted molar refractivity (Wildman–Crippen MR) is 105 cm³/mol. The van der Waals surface area contributed by atoms with Gasteiger partial charge < -0.3 is 0 Å². The Hall–Kier alpha value is -2.73. The second kappa shape index (κ2) is 7.48. The van der Waals surface area contributed by atoms with E-state index in [4.69, 9.17) is 0 Å². The van der Waals surface area contributed by atoms with E-state index in [1.165, 1.54) is 23.4 Å². The first-order valence-electron chi connectivity index (χ1n) is 8.75. The standard InChI is InChI=1S/C21H19FN4S/c1-14-18(12-16-8-4-3-5-9-16)15(2)26-20(23-14)24-21(25-26)27-13-17-10-6-7-11-19(17)22/h3-11H,12-13H2,1-2H3. The molecule has 2 aromatic heterocycles. The fourth-order valence-electron chi connectivity index (χ4n) is 3.06. The number of nitrogens with zero attached hydrogens (tertiary/aromatic N) is 4. The van der Waals surface area contributed by atoms with Gasteiger partial charge in [0.05, 0.1) is 0 Å². The Morgan fingerprint density at radius 1 is 0.963 bits per heavy atom. The van der Waals surface area contributed by atoms with Gasteiger partial charge in [0.25, 0.3) is 5.78 Å². The van der Waals surface area contributed by atoms with E-state index in [9.17, 15) is 4.39 Å². The van der Waals surface area contributed by atoms with E-state index in [2.05, 4.69) is 27.2 Å². The molecule has 2 heterocycles. The molecule has 4 aromatic rings. The van der Waals surface area contributed by atoms with Crippen LogP contribution < -0.4 is 0 Å². The summed E-state index contributed by atoms with van der Waals surface area (Å²) >= 11 is 1.41. The number of hydrogen-bond donors (Lipinski definition) is 0. The van der Waals surface area contributed by atoms with Crippen LogP contribution in [0, 0.1) is 19.7 Å². The molecular weight excluding hydrogens is 359 g/mol. The zero-order valence-electron chi connectivity index (χ0n) is 15.2. The van der Waals surface area contributed by atoms with E-state index in [1.807, 2.05) is 38.1 Å². The molecule has 0 aliphatic carbocycles. The van der Waals surface area contributed by atoms with Crippen LogP contribution in [0.25, 0.3) is 5.78 Å². The Bertz CT molecular complexity index is 1090. The summed E-state index contributed by atoms with van der Waals surface area (Å²) in [5.41, 5.74) is 5.03. The highest BCUT2D eigenvalue weighted by Gasteiger charge is 2.14. The molecule has 2 aromatic carbocycles. The lowest BCUT2D eigenvalue weighted by atomic mass is 10.0. The monoisotopic (exact) mass is 378 g/mol. The van der Waals surface area contributed by atoms with Crippen LogP contribution in [-0.2, 0) is 12.2 Å². The first kappa shape index (κ1) is 17.7. The van der Waals surface area contributed by atoms with Gasteiger partial charge in [0, 0.05) is 23.6 Å². The Labute approximate surface area is 161 Å². The largest absolute Gasteiger partial charge is 0.253 e. The molecule has 136 valence electrons. The minimum absolute atomic E-state index is 0.205. The molecule has 0 saturated heterocycles. The second-order valence-electron chi connectivity index (χ2n) is 6.41. The topological polar surface area (TPSA) is 43.1 Å². The predicted octanol–water partition coefficient (Wildman–Crippen LogP) is 4.76. The molecule has 0 aliphatic heterocycles. The molecular formula is C21H19FN4S. The van der Waals surface area contributed by atoms with E-state index in [0.717, 1.165) is 23.4 Å². The summed E-state index contributed by atoms with van der Waals surface area (Å²) < 4.78 is 15.6. The molecule has 0 amide bonds. The van der Waals surface area contributed by atoms with Gasteiger partial charge in [0.2, 0.25) is 5.16 Å². The van der Waals surface area contributed by atoms with Gasteiger partial charge in [0.1, 0.15) is 5.82 Å². The summed E-state index contributed by atoms with van der Waals surface area (Å²) in [6, 6.07) is 17.1. The summed E-state index contributed by atoms with van der Waals surface area (Å²) in [5.74, 6) is 0.861. The zero-order chi connectivity index (χ0) is 18.8. The lowest BCUT2D eigenvalue weighted by Gasteiger charge is -2.10. The smallest absolute Gasteiger partial charge is 0.216 e. The number of thioether (sulfide) groups is 1. The Kier molecular flexibility index (Phi) is 4.90.